The first-order chi connectivity index (χ1) is 18.7. The molecule has 208 valence electrons. The number of ether oxygens (including phenoxy) is 2. The summed E-state index contributed by atoms with van der Waals surface area (Å²) in [5.41, 5.74) is 9.58. The van der Waals surface area contributed by atoms with Crippen LogP contribution in [0.3, 0.4) is 0 Å². The van der Waals surface area contributed by atoms with E-state index < -0.39 is 17.6 Å². The number of rotatable bonds is 10. The van der Waals surface area contributed by atoms with Gasteiger partial charge in [0.2, 0.25) is 0 Å². The Bertz CT molecular complexity index is 1520. The summed E-state index contributed by atoms with van der Waals surface area (Å²) >= 11 is 0. The third kappa shape index (κ3) is 7.00. The molecule has 0 heterocycles. The lowest BCUT2D eigenvalue weighted by Gasteiger charge is -2.28. The number of carbonyl (C=O) groups is 1. The molecule has 0 spiro atoms. The molecule has 4 aromatic rings. The van der Waals surface area contributed by atoms with E-state index in [2.05, 4.69) is 18.2 Å². The highest BCUT2D eigenvalue weighted by Gasteiger charge is 2.26. The van der Waals surface area contributed by atoms with Crippen LogP contribution in [0.5, 0.6) is 5.75 Å². The Labute approximate surface area is 241 Å². The smallest absolute Gasteiger partial charge is 0.338 e. The Kier molecular flexibility index (Phi) is 10.3. The summed E-state index contributed by atoms with van der Waals surface area (Å²) in [6.07, 6.45) is 0.551. The molecule has 0 radical (unpaired) electrons. The van der Waals surface area contributed by atoms with Crippen molar-refractivity contribution < 1.29 is 19.4 Å². The molecule has 0 aliphatic heterocycles. The molecular formula is C33H35ClN2O4. The van der Waals surface area contributed by atoms with Crippen LogP contribution in [0, 0.1) is 11.3 Å². The highest BCUT2D eigenvalue weighted by molar-refractivity contribution is 5.97. The Morgan fingerprint density at radius 3 is 2.38 bits per heavy atom. The van der Waals surface area contributed by atoms with Gasteiger partial charge in [-0.2, -0.15) is 5.26 Å². The summed E-state index contributed by atoms with van der Waals surface area (Å²) in [6, 6.07) is 26.9. The maximum atomic E-state index is 12.4. The van der Waals surface area contributed by atoms with Crippen LogP contribution >= 0.6 is 12.4 Å². The van der Waals surface area contributed by atoms with Crippen LogP contribution in [0.15, 0.2) is 78.9 Å². The Morgan fingerprint density at radius 1 is 1.02 bits per heavy atom. The SMILES string of the molecule is CCOC(=O)c1ccccc1-c1ccc(OCCCc2cc3ccccc3cc2[C@@H](O)C(C)(C)N)c(C#N)c1.Cl. The minimum Gasteiger partial charge on any atom is -0.492 e. The fourth-order valence-electron chi connectivity index (χ4n) is 4.65. The first-order valence-electron chi connectivity index (χ1n) is 13.1. The number of hydrogen-bond acceptors (Lipinski definition) is 6. The molecule has 7 heteroatoms. The molecule has 40 heavy (non-hydrogen) atoms. The quantitative estimate of drug-likeness (QED) is 0.164. The molecule has 0 amide bonds. The Balaban J connectivity index is 0.00000441. The number of aliphatic hydroxyl groups excluding tert-OH is 1. The Hall–Kier alpha value is -3.89. The number of hydrogen-bond donors (Lipinski definition) is 2. The van der Waals surface area contributed by atoms with Gasteiger partial charge in [0, 0.05) is 5.54 Å². The van der Waals surface area contributed by atoms with E-state index >= 15 is 0 Å². The van der Waals surface area contributed by atoms with Gasteiger partial charge in [0.25, 0.3) is 0 Å². The fourth-order valence-corrected chi connectivity index (χ4v) is 4.65. The second-order valence-electron chi connectivity index (χ2n) is 10.2. The van der Waals surface area contributed by atoms with Crippen molar-refractivity contribution in [1.82, 2.24) is 0 Å². The zero-order valence-corrected chi connectivity index (χ0v) is 23.8. The third-order valence-electron chi connectivity index (χ3n) is 6.69. The molecule has 0 saturated heterocycles. The molecule has 0 saturated carbocycles. The highest BCUT2D eigenvalue weighted by atomic mass is 35.5. The standard InChI is InChI=1S/C33H34N2O4.ClH/c1-4-38-32(37)28-14-8-7-13-27(28)25-15-16-30(26(19-25)21-34)39-17-9-12-24-18-22-10-5-6-11-23(22)20-29(24)31(36)33(2,3)35;/h5-8,10-11,13-16,18-20,31,36H,4,9,12,17,35H2,1-3H3;1H/t31-;/m1./s1. The van der Waals surface area contributed by atoms with Gasteiger partial charge in [0.15, 0.2) is 0 Å². The van der Waals surface area contributed by atoms with Crippen molar-refractivity contribution in [2.24, 2.45) is 5.73 Å². The number of aliphatic hydroxyl groups is 1. The first-order valence-corrected chi connectivity index (χ1v) is 13.1. The van der Waals surface area contributed by atoms with Crippen molar-refractivity contribution in [1.29, 1.82) is 5.26 Å². The maximum absolute atomic E-state index is 12.4. The van der Waals surface area contributed by atoms with Crippen molar-refractivity contribution in [3.63, 3.8) is 0 Å². The summed E-state index contributed by atoms with van der Waals surface area (Å²) in [6.45, 7) is 6.08. The van der Waals surface area contributed by atoms with Crippen LogP contribution < -0.4 is 10.5 Å². The zero-order valence-electron chi connectivity index (χ0n) is 23.0. The van der Waals surface area contributed by atoms with Gasteiger partial charge in [-0.15, -0.1) is 12.4 Å². The van der Waals surface area contributed by atoms with Gasteiger partial charge in [-0.3, -0.25) is 0 Å². The van der Waals surface area contributed by atoms with Gasteiger partial charge in [0.1, 0.15) is 11.8 Å². The van der Waals surface area contributed by atoms with Crippen LogP contribution in [-0.4, -0.2) is 29.8 Å². The molecule has 0 fully saturated rings. The van der Waals surface area contributed by atoms with Crippen LogP contribution in [0.4, 0.5) is 0 Å². The summed E-state index contributed by atoms with van der Waals surface area (Å²) < 4.78 is 11.2. The van der Waals surface area contributed by atoms with E-state index in [9.17, 15) is 15.2 Å². The normalized spacial score (nSPS) is 11.8. The van der Waals surface area contributed by atoms with E-state index in [1.165, 1.54) is 0 Å². The number of nitriles is 1. The van der Waals surface area contributed by atoms with E-state index in [0.29, 0.717) is 41.9 Å². The number of nitrogens with zero attached hydrogens (tertiary/aromatic N) is 1. The summed E-state index contributed by atoms with van der Waals surface area (Å²) in [7, 11) is 0. The number of nitrogens with two attached hydrogens (primary N) is 1. The number of esters is 1. The minimum atomic E-state index is -0.812. The van der Waals surface area contributed by atoms with Gasteiger partial charge in [0.05, 0.1) is 30.4 Å². The van der Waals surface area contributed by atoms with E-state index in [0.717, 1.165) is 27.5 Å². The number of aryl methyl sites for hydroxylation is 1. The summed E-state index contributed by atoms with van der Waals surface area (Å²) in [5, 5.41) is 22.9. The lowest BCUT2D eigenvalue weighted by Crippen LogP contribution is -2.39. The second kappa shape index (κ2) is 13.5. The summed E-state index contributed by atoms with van der Waals surface area (Å²) in [5.74, 6) is 0.0832. The molecule has 3 N–H and O–H groups in total. The van der Waals surface area contributed by atoms with Crippen LogP contribution in [0.1, 0.15) is 60.3 Å². The lowest BCUT2D eigenvalue weighted by molar-refractivity contribution is 0.0527. The van der Waals surface area contributed by atoms with Crippen molar-refractivity contribution in [3.05, 3.63) is 101 Å². The number of benzene rings is 4. The second-order valence-corrected chi connectivity index (χ2v) is 10.2. The largest absolute Gasteiger partial charge is 0.492 e. The van der Waals surface area contributed by atoms with Crippen molar-refractivity contribution in [3.8, 4) is 22.9 Å². The van der Waals surface area contributed by atoms with Gasteiger partial charge in [-0.1, -0.05) is 54.6 Å². The van der Waals surface area contributed by atoms with E-state index in [4.69, 9.17) is 15.2 Å². The monoisotopic (exact) mass is 558 g/mol. The average molecular weight is 559 g/mol. The van der Waals surface area contributed by atoms with E-state index in [-0.39, 0.29) is 19.0 Å². The van der Waals surface area contributed by atoms with Crippen LogP contribution in [0.25, 0.3) is 21.9 Å². The van der Waals surface area contributed by atoms with Crippen LogP contribution in [0.2, 0.25) is 0 Å². The van der Waals surface area contributed by atoms with Gasteiger partial charge in [-0.05, 0) is 90.9 Å². The molecule has 0 aliphatic rings. The van der Waals surface area contributed by atoms with Crippen molar-refractivity contribution >= 4 is 29.1 Å². The molecule has 0 bridgehead atoms. The van der Waals surface area contributed by atoms with Crippen molar-refractivity contribution in [2.45, 2.75) is 45.3 Å². The fraction of sp³-hybridized carbons (Fsp3) is 0.273. The predicted octanol–water partition coefficient (Wildman–Crippen LogP) is 6.76. The molecular weight excluding hydrogens is 524 g/mol. The maximum Gasteiger partial charge on any atom is 0.338 e. The van der Waals surface area contributed by atoms with Gasteiger partial charge < -0.3 is 20.3 Å². The predicted molar refractivity (Wildman–Crippen MR) is 161 cm³/mol. The van der Waals surface area contributed by atoms with Crippen LogP contribution in [-0.2, 0) is 11.2 Å². The number of carbonyl (C=O) groups excluding carboxylic acids is 1. The molecule has 0 aromatic heterocycles. The van der Waals surface area contributed by atoms with E-state index in [1.807, 2.05) is 56.3 Å². The summed E-state index contributed by atoms with van der Waals surface area (Å²) in [4.78, 5) is 12.4. The number of fused-ring (bicyclic) bond motifs is 1. The Morgan fingerprint density at radius 2 is 1.70 bits per heavy atom. The lowest BCUT2D eigenvalue weighted by atomic mass is 9.86. The minimum absolute atomic E-state index is 0. The highest BCUT2D eigenvalue weighted by Crippen LogP contribution is 2.32. The molecule has 4 rings (SSSR count). The topological polar surface area (TPSA) is 106 Å². The molecule has 6 nitrogen and oxygen atoms in total. The number of halogens is 1. The molecule has 0 aliphatic carbocycles. The van der Waals surface area contributed by atoms with E-state index in [1.54, 1.807) is 31.2 Å². The van der Waals surface area contributed by atoms with Gasteiger partial charge in [-0.25, -0.2) is 4.79 Å². The average Bonchev–Trinajstić information content (AvgIpc) is 2.94. The van der Waals surface area contributed by atoms with Gasteiger partial charge >= 0.3 is 5.97 Å². The third-order valence-corrected chi connectivity index (χ3v) is 6.69. The molecule has 0 unspecified atom stereocenters. The molecule has 1 atom stereocenters. The zero-order chi connectivity index (χ0) is 28.0. The first kappa shape index (κ1) is 30.6. The molecule has 4 aromatic carbocycles. The van der Waals surface area contributed by atoms with Crippen molar-refractivity contribution in [2.75, 3.05) is 13.2 Å².